The molecule has 0 aromatic heterocycles. The van der Waals surface area contributed by atoms with Crippen molar-refractivity contribution in [2.75, 3.05) is 9.80 Å². The summed E-state index contributed by atoms with van der Waals surface area (Å²) < 4.78 is 28.7. The molecule has 0 spiro atoms. The SMILES string of the molecule is C[C@@H]1C(=O)N(Cc2ccc(C(C)(C)C)cc2)c2ccccc2N1C(=O)c1c(F)cccc1F. The van der Waals surface area contributed by atoms with E-state index in [-0.39, 0.29) is 11.3 Å². The second-order valence-electron chi connectivity index (χ2n) is 9.31. The van der Waals surface area contributed by atoms with Crippen LogP contribution in [0.25, 0.3) is 0 Å². The molecule has 4 rings (SSSR count). The molecule has 0 radical (unpaired) electrons. The van der Waals surface area contributed by atoms with Crippen LogP contribution in [-0.4, -0.2) is 17.9 Å². The van der Waals surface area contributed by atoms with Crippen molar-refractivity contribution < 1.29 is 18.4 Å². The fourth-order valence-corrected chi connectivity index (χ4v) is 4.12. The van der Waals surface area contributed by atoms with Crippen LogP contribution in [0.5, 0.6) is 0 Å². The summed E-state index contributed by atoms with van der Waals surface area (Å²) in [7, 11) is 0. The molecular weight excluding hydrogens is 422 g/mol. The van der Waals surface area contributed by atoms with Gasteiger partial charge in [-0.25, -0.2) is 8.78 Å². The molecule has 0 N–H and O–H groups in total. The number of hydrogen-bond acceptors (Lipinski definition) is 2. The van der Waals surface area contributed by atoms with Crippen LogP contribution < -0.4 is 9.80 Å². The smallest absolute Gasteiger partial charge is 0.265 e. The van der Waals surface area contributed by atoms with Crippen LogP contribution in [-0.2, 0) is 16.8 Å². The standard InChI is InChI=1S/C27H26F2N2O2/c1-17-25(32)30(16-18-12-14-19(15-13-18)27(2,3)4)22-10-5-6-11-23(22)31(17)26(33)24-20(28)8-7-9-21(24)29/h5-15,17H,16H2,1-4H3/t17-/m1/s1. The van der Waals surface area contributed by atoms with Gasteiger partial charge in [0.25, 0.3) is 5.91 Å². The molecule has 3 aromatic carbocycles. The van der Waals surface area contributed by atoms with Gasteiger partial charge in [-0.3, -0.25) is 14.5 Å². The summed E-state index contributed by atoms with van der Waals surface area (Å²) >= 11 is 0. The van der Waals surface area contributed by atoms with Crippen LogP contribution >= 0.6 is 0 Å². The fourth-order valence-electron chi connectivity index (χ4n) is 4.12. The zero-order chi connectivity index (χ0) is 23.9. The number of carbonyl (C=O) groups is 2. The number of fused-ring (bicyclic) bond motifs is 1. The highest BCUT2D eigenvalue weighted by molar-refractivity contribution is 6.17. The zero-order valence-corrected chi connectivity index (χ0v) is 19.1. The number of benzene rings is 3. The minimum absolute atomic E-state index is 0.0173. The highest BCUT2D eigenvalue weighted by Crippen LogP contribution is 2.38. The van der Waals surface area contributed by atoms with Crippen molar-refractivity contribution in [1.29, 1.82) is 0 Å². The van der Waals surface area contributed by atoms with Gasteiger partial charge in [0, 0.05) is 0 Å². The first-order chi connectivity index (χ1) is 15.6. The van der Waals surface area contributed by atoms with E-state index in [1.165, 1.54) is 16.5 Å². The number of carbonyl (C=O) groups excluding carboxylic acids is 2. The van der Waals surface area contributed by atoms with Crippen LogP contribution in [0.3, 0.4) is 0 Å². The van der Waals surface area contributed by atoms with E-state index in [9.17, 15) is 18.4 Å². The maximum absolute atomic E-state index is 14.4. The van der Waals surface area contributed by atoms with Gasteiger partial charge in [-0.05, 0) is 47.7 Å². The lowest BCUT2D eigenvalue weighted by atomic mass is 9.86. The Bertz CT molecular complexity index is 1200. The van der Waals surface area contributed by atoms with E-state index in [2.05, 4.69) is 32.9 Å². The molecule has 1 heterocycles. The molecule has 0 aliphatic carbocycles. The maximum atomic E-state index is 14.4. The quantitative estimate of drug-likeness (QED) is 0.505. The molecule has 0 bridgehead atoms. The maximum Gasteiger partial charge on any atom is 0.265 e. The molecule has 6 heteroatoms. The average molecular weight is 449 g/mol. The van der Waals surface area contributed by atoms with Gasteiger partial charge in [0.05, 0.1) is 17.9 Å². The second kappa shape index (κ2) is 8.43. The Hall–Kier alpha value is -3.54. The van der Waals surface area contributed by atoms with Crippen molar-refractivity contribution in [1.82, 2.24) is 0 Å². The highest BCUT2D eigenvalue weighted by atomic mass is 19.1. The summed E-state index contributed by atoms with van der Waals surface area (Å²) in [5, 5.41) is 0. The van der Waals surface area contributed by atoms with Gasteiger partial charge in [0.2, 0.25) is 5.91 Å². The molecule has 0 fully saturated rings. The van der Waals surface area contributed by atoms with Crippen LogP contribution in [0.15, 0.2) is 66.7 Å². The van der Waals surface area contributed by atoms with Gasteiger partial charge in [0.15, 0.2) is 0 Å². The van der Waals surface area contributed by atoms with Crippen molar-refractivity contribution in [2.45, 2.75) is 45.7 Å². The summed E-state index contributed by atoms with van der Waals surface area (Å²) in [6.45, 7) is 8.31. The first-order valence-electron chi connectivity index (χ1n) is 10.9. The van der Waals surface area contributed by atoms with E-state index in [1.54, 1.807) is 36.1 Å². The largest absolute Gasteiger partial charge is 0.304 e. The highest BCUT2D eigenvalue weighted by Gasteiger charge is 2.40. The first kappa shape index (κ1) is 22.6. The zero-order valence-electron chi connectivity index (χ0n) is 19.1. The van der Waals surface area contributed by atoms with Crippen molar-refractivity contribution in [3.8, 4) is 0 Å². The Balaban J connectivity index is 1.72. The second-order valence-corrected chi connectivity index (χ2v) is 9.31. The Morgan fingerprint density at radius 2 is 1.45 bits per heavy atom. The van der Waals surface area contributed by atoms with E-state index < -0.39 is 29.1 Å². The molecular formula is C27H26F2N2O2. The van der Waals surface area contributed by atoms with E-state index in [1.807, 2.05) is 12.1 Å². The van der Waals surface area contributed by atoms with Crippen LogP contribution in [0.1, 0.15) is 49.2 Å². The molecule has 1 atom stereocenters. The Morgan fingerprint density at radius 1 is 0.879 bits per heavy atom. The third-order valence-electron chi connectivity index (χ3n) is 6.00. The minimum atomic E-state index is -0.960. The van der Waals surface area contributed by atoms with Crippen LogP contribution in [0, 0.1) is 11.6 Å². The first-order valence-corrected chi connectivity index (χ1v) is 10.9. The topological polar surface area (TPSA) is 40.6 Å². The molecule has 1 aliphatic heterocycles. The number of hydrogen-bond donors (Lipinski definition) is 0. The summed E-state index contributed by atoms with van der Waals surface area (Å²) in [6, 6.07) is 17.4. The monoisotopic (exact) mass is 448 g/mol. The van der Waals surface area contributed by atoms with E-state index in [0.717, 1.165) is 17.7 Å². The molecule has 3 aromatic rings. The number of nitrogens with zero attached hydrogens (tertiary/aromatic N) is 2. The lowest BCUT2D eigenvalue weighted by molar-refractivity contribution is -0.119. The number of halogens is 2. The van der Waals surface area contributed by atoms with E-state index in [4.69, 9.17) is 0 Å². The summed E-state index contributed by atoms with van der Waals surface area (Å²) in [6.07, 6.45) is 0. The average Bonchev–Trinajstić information content (AvgIpc) is 2.76. The Labute approximate surface area is 192 Å². The fraction of sp³-hybridized carbons (Fsp3) is 0.259. The van der Waals surface area contributed by atoms with Crippen molar-refractivity contribution in [3.05, 3.63) is 95.1 Å². The van der Waals surface area contributed by atoms with Gasteiger partial charge in [-0.2, -0.15) is 0 Å². The molecule has 4 nitrogen and oxygen atoms in total. The summed E-state index contributed by atoms with van der Waals surface area (Å²) in [5.41, 5.74) is 2.43. The number of rotatable bonds is 3. The predicted molar refractivity (Wildman–Crippen MR) is 125 cm³/mol. The molecule has 170 valence electrons. The van der Waals surface area contributed by atoms with Crippen molar-refractivity contribution >= 4 is 23.2 Å². The summed E-state index contributed by atoms with van der Waals surface area (Å²) in [5.74, 6) is -3.12. The molecule has 2 amide bonds. The van der Waals surface area contributed by atoms with Gasteiger partial charge in [-0.15, -0.1) is 0 Å². The molecule has 1 aliphatic rings. The third-order valence-corrected chi connectivity index (χ3v) is 6.00. The minimum Gasteiger partial charge on any atom is -0.304 e. The molecule has 0 saturated heterocycles. The van der Waals surface area contributed by atoms with E-state index >= 15 is 0 Å². The van der Waals surface area contributed by atoms with Gasteiger partial charge in [-0.1, -0.05) is 63.2 Å². The number of para-hydroxylation sites is 2. The van der Waals surface area contributed by atoms with Gasteiger partial charge in [0.1, 0.15) is 23.2 Å². The third kappa shape index (κ3) is 4.13. The Kier molecular flexibility index (Phi) is 5.78. The van der Waals surface area contributed by atoms with Crippen LogP contribution in [0.2, 0.25) is 0 Å². The van der Waals surface area contributed by atoms with Crippen molar-refractivity contribution in [3.63, 3.8) is 0 Å². The lowest BCUT2D eigenvalue weighted by Gasteiger charge is -2.40. The normalized spacial score (nSPS) is 16.1. The predicted octanol–water partition coefficient (Wildman–Crippen LogP) is 5.84. The number of amides is 2. The van der Waals surface area contributed by atoms with Crippen molar-refractivity contribution in [2.24, 2.45) is 0 Å². The van der Waals surface area contributed by atoms with Gasteiger partial charge >= 0.3 is 0 Å². The summed E-state index contributed by atoms with van der Waals surface area (Å²) in [4.78, 5) is 29.4. The lowest BCUT2D eigenvalue weighted by Crippen LogP contribution is -2.54. The van der Waals surface area contributed by atoms with E-state index in [0.29, 0.717) is 17.9 Å². The Morgan fingerprint density at radius 3 is 2.03 bits per heavy atom. The molecule has 33 heavy (non-hydrogen) atoms. The van der Waals surface area contributed by atoms with Crippen LogP contribution in [0.4, 0.5) is 20.2 Å². The number of anilines is 2. The van der Waals surface area contributed by atoms with Gasteiger partial charge < -0.3 is 4.90 Å². The molecule has 0 saturated carbocycles. The molecule has 0 unspecified atom stereocenters.